The molecule has 0 atom stereocenters. The van der Waals surface area contributed by atoms with Gasteiger partial charge in [-0.15, -0.1) is 0 Å². The van der Waals surface area contributed by atoms with Crippen LogP contribution in [-0.2, 0) is 4.79 Å². The smallest absolute Gasteiger partial charge is 0.328 e. The Labute approximate surface area is 145 Å². The number of aryl methyl sites for hydroxylation is 1. The van der Waals surface area contributed by atoms with E-state index in [1.165, 1.54) is 20.3 Å². The van der Waals surface area contributed by atoms with E-state index >= 15 is 0 Å². The Bertz CT molecular complexity index is 827. The number of benzene rings is 2. The van der Waals surface area contributed by atoms with E-state index in [1.807, 2.05) is 19.1 Å². The number of amides is 1. The van der Waals surface area contributed by atoms with Gasteiger partial charge in [0.15, 0.2) is 11.5 Å². The number of methoxy groups -OCH3 is 2. The molecule has 6 heteroatoms. The van der Waals surface area contributed by atoms with Crippen LogP contribution >= 0.6 is 0 Å². The highest BCUT2D eigenvalue weighted by Gasteiger charge is 2.18. The van der Waals surface area contributed by atoms with Crippen molar-refractivity contribution >= 4 is 23.6 Å². The summed E-state index contributed by atoms with van der Waals surface area (Å²) >= 11 is 0. The molecule has 0 aliphatic carbocycles. The van der Waals surface area contributed by atoms with E-state index in [4.69, 9.17) is 14.6 Å². The van der Waals surface area contributed by atoms with E-state index in [0.29, 0.717) is 28.3 Å². The Morgan fingerprint density at radius 3 is 2.40 bits per heavy atom. The Morgan fingerprint density at radius 1 is 1.08 bits per heavy atom. The minimum absolute atomic E-state index is 0.317. The number of rotatable bonds is 6. The lowest BCUT2D eigenvalue weighted by Crippen LogP contribution is -2.15. The first-order valence-electron chi connectivity index (χ1n) is 7.51. The lowest BCUT2D eigenvalue weighted by Gasteiger charge is -2.16. The summed E-state index contributed by atoms with van der Waals surface area (Å²) < 4.78 is 10.6. The maximum Gasteiger partial charge on any atom is 0.328 e. The molecule has 0 aliphatic rings. The van der Waals surface area contributed by atoms with Crippen molar-refractivity contribution in [2.75, 3.05) is 19.5 Å². The second kappa shape index (κ2) is 8.01. The van der Waals surface area contributed by atoms with Crippen LogP contribution in [0.5, 0.6) is 11.5 Å². The topological polar surface area (TPSA) is 84.9 Å². The average molecular weight is 341 g/mol. The summed E-state index contributed by atoms with van der Waals surface area (Å²) in [6, 6.07) is 10.5. The zero-order chi connectivity index (χ0) is 18.4. The van der Waals surface area contributed by atoms with E-state index < -0.39 is 5.97 Å². The van der Waals surface area contributed by atoms with E-state index in [2.05, 4.69) is 5.32 Å². The van der Waals surface area contributed by atoms with Gasteiger partial charge in [-0.05, 0) is 36.8 Å². The van der Waals surface area contributed by atoms with E-state index in [1.54, 1.807) is 24.3 Å². The average Bonchev–Trinajstić information content (AvgIpc) is 2.60. The van der Waals surface area contributed by atoms with Gasteiger partial charge in [-0.2, -0.15) is 0 Å². The van der Waals surface area contributed by atoms with Crippen molar-refractivity contribution in [3.05, 3.63) is 59.2 Å². The molecule has 25 heavy (non-hydrogen) atoms. The normalized spacial score (nSPS) is 10.5. The standard InChI is InChI=1S/C19H19NO5/c1-12-6-4-5-7-14(12)19(23)20-17-13(9-11-16(21)22)8-10-15(24-2)18(17)25-3/h4-11H,1-3H3,(H,20,23)(H,21,22)/b11-9+. The lowest BCUT2D eigenvalue weighted by atomic mass is 10.1. The van der Waals surface area contributed by atoms with Crippen molar-refractivity contribution in [2.24, 2.45) is 0 Å². The molecule has 0 unspecified atom stereocenters. The molecular weight excluding hydrogens is 322 g/mol. The van der Waals surface area contributed by atoms with Crippen LogP contribution in [0.4, 0.5) is 5.69 Å². The summed E-state index contributed by atoms with van der Waals surface area (Å²) in [4.78, 5) is 23.5. The van der Waals surface area contributed by atoms with E-state index in [9.17, 15) is 9.59 Å². The van der Waals surface area contributed by atoms with Gasteiger partial charge in [0.25, 0.3) is 5.91 Å². The van der Waals surface area contributed by atoms with Gasteiger partial charge in [-0.1, -0.05) is 18.2 Å². The molecule has 2 aromatic carbocycles. The van der Waals surface area contributed by atoms with Crippen molar-refractivity contribution in [3.8, 4) is 11.5 Å². The predicted octanol–water partition coefficient (Wildman–Crippen LogP) is 3.36. The Balaban J connectivity index is 2.51. The molecule has 2 rings (SSSR count). The number of nitrogens with one attached hydrogen (secondary N) is 1. The summed E-state index contributed by atoms with van der Waals surface area (Å²) in [6.07, 6.45) is 2.38. The highest BCUT2D eigenvalue weighted by Crippen LogP contribution is 2.38. The lowest BCUT2D eigenvalue weighted by molar-refractivity contribution is -0.131. The summed E-state index contributed by atoms with van der Waals surface area (Å²) in [7, 11) is 2.93. The van der Waals surface area contributed by atoms with Crippen LogP contribution < -0.4 is 14.8 Å². The van der Waals surface area contributed by atoms with Crippen molar-refractivity contribution in [1.82, 2.24) is 0 Å². The monoisotopic (exact) mass is 341 g/mol. The van der Waals surface area contributed by atoms with Crippen LogP contribution in [0.25, 0.3) is 6.08 Å². The van der Waals surface area contributed by atoms with Gasteiger partial charge in [-0.25, -0.2) is 4.79 Å². The molecule has 0 saturated heterocycles. The van der Waals surface area contributed by atoms with Crippen LogP contribution in [0, 0.1) is 6.92 Å². The first-order valence-corrected chi connectivity index (χ1v) is 7.51. The zero-order valence-corrected chi connectivity index (χ0v) is 14.2. The number of hydrogen-bond acceptors (Lipinski definition) is 4. The molecule has 2 aromatic rings. The van der Waals surface area contributed by atoms with Crippen LogP contribution in [0.3, 0.4) is 0 Å². The minimum Gasteiger partial charge on any atom is -0.493 e. The summed E-state index contributed by atoms with van der Waals surface area (Å²) in [5, 5.41) is 11.7. The summed E-state index contributed by atoms with van der Waals surface area (Å²) in [6.45, 7) is 1.84. The first kappa shape index (κ1) is 18.1. The zero-order valence-electron chi connectivity index (χ0n) is 14.2. The number of hydrogen-bond donors (Lipinski definition) is 2. The largest absolute Gasteiger partial charge is 0.493 e. The van der Waals surface area contributed by atoms with Crippen LogP contribution in [-0.4, -0.2) is 31.2 Å². The number of anilines is 1. The van der Waals surface area contributed by atoms with Gasteiger partial charge in [-0.3, -0.25) is 4.79 Å². The molecule has 0 heterocycles. The fourth-order valence-corrected chi connectivity index (χ4v) is 2.38. The van der Waals surface area contributed by atoms with Gasteiger partial charge < -0.3 is 19.9 Å². The molecule has 0 bridgehead atoms. The highest BCUT2D eigenvalue weighted by atomic mass is 16.5. The van der Waals surface area contributed by atoms with Crippen molar-refractivity contribution in [1.29, 1.82) is 0 Å². The molecule has 130 valence electrons. The molecule has 0 spiro atoms. The molecule has 0 fully saturated rings. The van der Waals surface area contributed by atoms with Crippen molar-refractivity contribution in [3.63, 3.8) is 0 Å². The number of carbonyl (C=O) groups is 2. The highest BCUT2D eigenvalue weighted by molar-refractivity contribution is 6.07. The molecule has 0 radical (unpaired) electrons. The maximum atomic E-state index is 12.6. The third-order valence-corrected chi connectivity index (χ3v) is 3.61. The molecule has 2 N–H and O–H groups in total. The number of aliphatic carboxylic acids is 1. The first-order chi connectivity index (χ1) is 12.0. The third-order valence-electron chi connectivity index (χ3n) is 3.61. The molecule has 1 amide bonds. The van der Waals surface area contributed by atoms with Crippen LogP contribution in [0.1, 0.15) is 21.5 Å². The molecule has 0 saturated carbocycles. The van der Waals surface area contributed by atoms with E-state index in [0.717, 1.165) is 11.6 Å². The van der Waals surface area contributed by atoms with Crippen molar-refractivity contribution < 1.29 is 24.2 Å². The SMILES string of the molecule is COc1ccc(/C=C/C(=O)O)c(NC(=O)c2ccccc2C)c1OC. The Kier molecular flexibility index (Phi) is 5.79. The number of ether oxygens (including phenoxy) is 2. The quantitative estimate of drug-likeness (QED) is 0.787. The summed E-state index contributed by atoms with van der Waals surface area (Å²) in [5.74, 6) is -0.673. The third kappa shape index (κ3) is 4.17. The Hall–Kier alpha value is -3.28. The van der Waals surface area contributed by atoms with Gasteiger partial charge in [0, 0.05) is 17.2 Å². The Morgan fingerprint density at radius 2 is 1.80 bits per heavy atom. The second-order valence-corrected chi connectivity index (χ2v) is 5.21. The fraction of sp³-hybridized carbons (Fsp3) is 0.158. The van der Waals surface area contributed by atoms with Crippen LogP contribution in [0.15, 0.2) is 42.5 Å². The van der Waals surface area contributed by atoms with E-state index in [-0.39, 0.29) is 5.91 Å². The molecule has 0 aromatic heterocycles. The molecule has 6 nitrogen and oxygen atoms in total. The van der Waals surface area contributed by atoms with Gasteiger partial charge in [0.1, 0.15) is 0 Å². The van der Waals surface area contributed by atoms with Gasteiger partial charge >= 0.3 is 5.97 Å². The van der Waals surface area contributed by atoms with Crippen LogP contribution in [0.2, 0.25) is 0 Å². The molecule has 0 aliphatic heterocycles. The number of carbonyl (C=O) groups excluding carboxylic acids is 1. The molecular formula is C19H19NO5. The second-order valence-electron chi connectivity index (χ2n) is 5.21. The van der Waals surface area contributed by atoms with Gasteiger partial charge in [0.2, 0.25) is 0 Å². The fourth-order valence-electron chi connectivity index (χ4n) is 2.38. The number of carboxylic acid groups (broad SMARTS) is 1. The number of carboxylic acids is 1. The van der Waals surface area contributed by atoms with Crippen molar-refractivity contribution in [2.45, 2.75) is 6.92 Å². The van der Waals surface area contributed by atoms with Gasteiger partial charge in [0.05, 0.1) is 19.9 Å². The maximum absolute atomic E-state index is 12.6. The summed E-state index contributed by atoms with van der Waals surface area (Å²) in [5.41, 5.74) is 2.17. The minimum atomic E-state index is -1.09. The predicted molar refractivity (Wildman–Crippen MR) is 95.3 cm³/mol.